The van der Waals surface area contributed by atoms with Gasteiger partial charge in [0.25, 0.3) is 0 Å². The normalized spacial score (nSPS) is 23.3. The molecule has 2 saturated heterocycles. The van der Waals surface area contributed by atoms with Crippen molar-refractivity contribution in [2.24, 2.45) is 0 Å². The summed E-state index contributed by atoms with van der Waals surface area (Å²) in [7, 11) is 0. The lowest BCUT2D eigenvalue weighted by atomic mass is 10.1. The van der Waals surface area contributed by atoms with E-state index < -0.39 is 12.0 Å². The van der Waals surface area contributed by atoms with Crippen LogP contribution in [0.4, 0.5) is 4.79 Å². The molecule has 0 aliphatic carbocycles. The van der Waals surface area contributed by atoms with Crippen LogP contribution in [0.2, 0.25) is 0 Å². The van der Waals surface area contributed by atoms with Gasteiger partial charge >= 0.3 is 12.0 Å². The van der Waals surface area contributed by atoms with Gasteiger partial charge in [0.05, 0.1) is 0 Å². The molecule has 1 unspecified atom stereocenters. The molecule has 2 rings (SSSR count). The number of urea groups is 1. The summed E-state index contributed by atoms with van der Waals surface area (Å²) in [6.07, 6.45) is 5.92. The fourth-order valence-electron chi connectivity index (χ4n) is 3.10. The van der Waals surface area contributed by atoms with E-state index in [4.69, 9.17) is 5.11 Å². The van der Waals surface area contributed by atoms with Gasteiger partial charge < -0.3 is 14.9 Å². The SMILES string of the molecule is CC(C(=O)O)N1CCN(C(=O)N2CCCCCCC2)CC1. The minimum Gasteiger partial charge on any atom is -0.480 e. The van der Waals surface area contributed by atoms with E-state index in [0.29, 0.717) is 26.2 Å². The van der Waals surface area contributed by atoms with Gasteiger partial charge in [-0.1, -0.05) is 19.3 Å². The topological polar surface area (TPSA) is 64.1 Å². The highest BCUT2D eigenvalue weighted by Crippen LogP contribution is 2.14. The number of piperazine rings is 1. The number of nitrogens with zero attached hydrogens (tertiary/aromatic N) is 3. The molecule has 2 aliphatic rings. The first-order valence-corrected chi connectivity index (χ1v) is 8.10. The Hall–Kier alpha value is -1.30. The Morgan fingerprint density at radius 1 is 0.810 bits per heavy atom. The second-order valence-corrected chi connectivity index (χ2v) is 6.07. The smallest absolute Gasteiger partial charge is 0.320 e. The molecular formula is C15H27N3O3. The predicted octanol–water partition coefficient (Wildman–Crippen LogP) is 1.46. The van der Waals surface area contributed by atoms with Crippen LogP contribution in [0, 0.1) is 0 Å². The summed E-state index contributed by atoms with van der Waals surface area (Å²) < 4.78 is 0. The largest absolute Gasteiger partial charge is 0.480 e. The number of hydrogen-bond acceptors (Lipinski definition) is 3. The highest BCUT2D eigenvalue weighted by atomic mass is 16.4. The number of rotatable bonds is 2. The standard InChI is InChI=1S/C15H27N3O3/c1-13(14(19)20)16-9-11-18(12-10-16)15(21)17-7-5-3-2-4-6-8-17/h13H,2-12H2,1H3,(H,19,20). The van der Waals surface area contributed by atoms with E-state index in [1.807, 2.05) is 14.7 Å². The zero-order valence-corrected chi connectivity index (χ0v) is 13.0. The number of carboxylic acid groups (broad SMARTS) is 1. The van der Waals surface area contributed by atoms with E-state index >= 15 is 0 Å². The molecule has 2 fully saturated rings. The van der Waals surface area contributed by atoms with Crippen molar-refractivity contribution >= 4 is 12.0 Å². The molecule has 6 nitrogen and oxygen atoms in total. The molecule has 0 spiro atoms. The van der Waals surface area contributed by atoms with E-state index in [2.05, 4.69) is 0 Å². The van der Waals surface area contributed by atoms with E-state index in [1.165, 1.54) is 19.3 Å². The first-order valence-electron chi connectivity index (χ1n) is 8.10. The average Bonchev–Trinajstić information content (AvgIpc) is 2.45. The third-order valence-corrected chi connectivity index (χ3v) is 4.62. The Labute approximate surface area is 126 Å². The van der Waals surface area contributed by atoms with Crippen LogP contribution in [0.1, 0.15) is 39.0 Å². The van der Waals surface area contributed by atoms with Crippen molar-refractivity contribution in [1.82, 2.24) is 14.7 Å². The first-order chi connectivity index (χ1) is 10.1. The van der Waals surface area contributed by atoms with Crippen molar-refractivity contribution in [3.8, 4) is 0 Å². The van der Waals surface area contributed by atoms with Crippen molar-refractivity contribution in [3.63, 3.8) is 0 Å². The summed E-state index contributed by atoms with van der Waals surface area (Å²) in [6.45, 7) is 5.99. The van der Waals surface area contributed by atoms with Crippen LogP contribution in [0.3, 0.4) is 0 Å². The van der Waals surface area contributed by atoms with Crippen molar-refractivity contribution in [1.29, 1.82) is 0 Å². The molecule has 2 aliphatic heterocycles. The van der Waals surface area contributed by atoms with Crippen molar-refractivity contribution < 1.29 is 14.7 Å². The molecule has 120 valence electrons. The van der Waals surface area contributed by atoms with Crippen LogP contribution in [-0.4, -0.2) is 77.1 Å². The van der Waals surface area contributed by atoms with Gasteiger partial charge in [0.15, 0.2) is 0 Å². The second kappa shape index (κ2) is 7.64. The summed E-state index contributed by atoms with van der Waals surface area (Å²) in [6, 6.07) is -0.330. The molecule has 0 aromatic heterocycles. The quantitative estimate of drug-likeness (QED) is 0.838. The molecule has 21 heavy (non-hydrogen) atoms. The Balaban J connectivity index is 1.83. The lowest BCUT2D eigenvalue weighted by molar-refractivity contribution is -0.143. The van der Waals surface area contributed by atoms with E-state index in [-0.39, 0.29) is 6.03 Å². The minimum absolute atomic E-state index is 0.138. The van der Waals surface area contributed by atoms with E-state index in [1.54, 1.807) is 6.92 Å². The van der Waals surface area contributed by atoms with Gasteiger partial charge in [-0.25, -0.2) is 4.79 Å². The van der Waals surface area contributed by atoms with Crippen LogP contribution in [0.15, 0.2) is 0 Å². The van der Waals surface area contributed by atoms with Crippen LogP contribution in [-0.2, 0) is 4.79 Å². The number of aliphatic carboxylic acids is 1. The fourth-order valence-corrected chi connectivity index (χ4v) is 3.10. The molecule has 0 aromatic rings. The third kappa shape index (κ3) is 4.33. The number of carbonyl (C=O) groups excluding carboxylic acids is 1. The maximum absolute atomic E-state index is 12.5. The van der Waals surface area contributed by atoms with Gasteiger partial charge in [-0.2, -0.15) is 0 Å². The number of amides is 2. The Kier molecular flexibility index (Phi) is 5.85. The third-order valence-electron chi connectivity index (χ3n) is 4.62. The summed E-state index contributed by atoms with van der Waals surface area (Å²) in [5, 5.41) is 9.04. The van der Waals surface area contributed by atoms with Gasteiger partial charge in [-0.3, -0.25) is 9.69 Å². The fraction of sp³-hybridized carbons (Fsp3) is 0.867. The van der Waals surface area contributed by atoms with Gasteiger partial charge in [-0.15, -0.1) is 0 Å². The second-order valence-electron chi connectivity index (χ2n) is 6.07. The molecule has 0 bridgehead atoms. The van der Waals surface area contributed by atoms with Gasteiger partial charge in [0.1, 0.15) is 6.04 Å². The minimum atomic E-state index is -0.793. The maximum Gasteiger partial charge on any atom is 0.320 e. The van der Waals surface area contributed by atoms with Crippen molar-refractivity contribution in [2.75, 3.05) is 39.3 Å². The van der Waals surface area contributed by atoms with Gasteiger partial charge in [0.2, 0.25) is 0 Å². The van der Waals surface area contributed by atoms with Gasteiger partial charge in [-0.05, 0) is 19.8 Å². The molecular weight excluding hydrogens is 270 g/mol. The molecule has 0 aromatic carbocycles. The summed E-state index contributed by atoms with van der Waals surface area (Å²) in [5.74, 6) is -0.793. The highest BCUT2D eigenvalue weighted by molar-refractivity contribution is 5.75. The van der Waals surface area contributed by atoms with Crippen molar-refractivity contribution in [3.05, 3.63) is 0 Å². The van der Waals surface area contributed by atoms with Crippen LogP contribution < -0.4 is 0 Å². The maximum atomic E-state index is 12.5. The lowest BCUT2D eigenvalue weighted by Gasteiger charge is -2.39. The molecule has 1 atom stereocenters. The Morgan fingerprint density at radius 3 is 1.81 bits per heavy atom. The highest BCUT2D eigenvalue weighted by Gasteiger charge is 2.29. The molecule has 6 heteroatoms. The molecule has 2 amide bonds. The number of carboxylic acids is 1. The van der Waals surface area contributed by atoms with Crippen LogP contribution >= 0.6 is 0 Å². The molecule has 0 saturated carbocycles. The van der Waals surface area contributed by atoms with E-state index in [0.717, 1.165) is 25.9 Å². The lowest BCUT2D eigenvalue weighted by Crippen LogP contribution is -2.56. The molecule has 0 radical (unpaired) electrons. The van der Waals surface area contributed by atoms with Gasteiger partial charge in [0, 0.05) is 39.3 Å². The Morgan fingerprint density at radius 2 is 1.29 bits per heavy atom. The number of likely N-dealkylation sites (tertiary alicyclic amines) is 1. The number of carbonyl (C=O) groups is 2. The van der Waals surface area contributed by atoms with Crippen LogP contribution in [0.25, 0.3) is 0 Å². The monoisotopic (exact) mass is 297 g/mol. The zero-order chi connectivity index (χ0) is 15.2. The Bertz CT molecular complexity index is 359. The first kappa shape index (κ1) is 16.1. The molecule has 1 N–H and O–H groups in total. The zero-order valence-electron chi connectivity index (χ0n) is 13.0. The average molecular weight is 297 g/mol. The van der Waals surface area contributed by atoms with Crippen molar-refractivity contribution in [2.45, 2.75) is 45.1 Å². The number of hydrogen-bond donors (Lipinski definition) is 1. The van der Waals surface area contributed by atoms with E-state index in [9.17, 15) is 9.59 Å². The molecule has 2 heterocycles. The summed E-state index contributed by atoms with van der Waals surface area (Å²) in [4.78, 5) is 29.3. The summed E-state index contributed by atoms with van der Waals surface area (Å²) >= 11 is 0. The van der Waals surface area contributed by atoms with Crippen LogP contribution in [0.5, 0.6) is 0 Å². The predicted molar refractivity (Wildman–Crippen MR) is 80.3 cm³/mol. The summed E-state index contributed by atoms with van der Waals surface area (Å²) in [5.41, 5.74) is 0.